The number of amides is 1. The van der Waals surface area contributed by atoms with Crippen LogP contribution in [-0.4, -0.2) is 23.5 Å². The first kappa shape index (κ1) is 18.2. The van der Waals surface area contributed by atoms with E-state index in [0.717, 1.165) is 19.3 Å². The van der Waals surface area contributed by atoms with Crippen LogP contribution in [0, 0.1) is 12.3 Å². The molecule has 0 aromatic heterocycles. The third kappa shape index (κ3) is 6.74. The van der Waals surface area contributed by atoms with E-state index in [1.54, 1.807) is 13.8 Å². The van der Waals surface area contributed by atoms with Gasteiger partial charge in [0.2, 0.25) is 5.91 Å². The summed E-state index contributed by atoms with van der Waals surface area (Å²) in [6.45, 7) is 5.82. The van der Waals surface area contributed by atoms with Gasteiger partial charge in [-0.25, -0.2) is 0 Å². The smallest absolute Gasteiger partial charge is 0.309 e. The minimum atomic E-state index is -0.833. The minimum Gasteiger partial charge on any atom is -0.481 e. The van der Waals surface area contributed by atoms with Crippen molar-refractivity contribution in [3.63, 3.8) is 0 Å². The number of carboxylic acid groups (broad SMARTS) is 1. The number of carbonyl (C=O) groups is 2. The van der Waals surface area contributed by atoms with Crippen molar-refractivity contribution in [2.75, 3.05) is 6.54 Å². The first-order valence-corrected chi connectivity index (χ1v) is 7.87. The van der Waals surface area contributed by atoms with Gasteiger partial charge in [-0.3, -0.25) is 9.59 Å². The van der Waals surface area contributed by atoms with Crippen LogP contribution in [0.4, 0.5) is 0 Å². The third-order valence-corrected chi connectivity index (χ3v) is 3.89. The third-order valence-electron chi connectivity index (χ3n) is 3.89. The lowest BCUT2D eigenvalue weighted by Gasteiger charge is -2.18. The topological polar surface area (TPSA) is 66.4 Å². The van der Waals surface area contributed by atoms with Crippen molar-refractivity contribution in [1.82, 2.24) is 5.32 Å². The van der Waals surface area contributed by atoms with Crippen LogP contribution < -0.4 is 5.32 Å². The lowest BCUT2D eigenvalue weighted by molar-refractivity contribution is -0.147. The predicted octanol–water partition coefficient (Wildman–Crippen LogP) is 3.32. The fraction of sp³-hybridized carbons (Fsp3) is 0.556. The van der Waals surface area contributed by atoms with Crippen molar-refractivity contribution < 1.29 is 14.7 Å². The molecule has 0 saturated carbocycles. The summed E-state index contributed by atoms with van der Waals surface area (Å²) in [4.78, 5) is 22.6. The molecule has 0 atom stereocenters. The Bertz CT molecular complexity index is 492. The molecule has 0 fully saturated rings. The molecule has 0 radical (unpaired) electrons. The fourth-order valence-electron chi connectivity index (χ4n) is 2.08. The molecular weight excluding hydrogens is 278 g/mol. The zero-order chi connectivity index (χ0) is 16.6. The second kappa shape index (κ2) is 8.57. The molecule has 4 nitrogen and oxygen atoms in total. The van der Waals surface area contributed by atoms with Crippen molar-refractivity contribution in [3.05, 3.63) is 35.4 Å². The number of hydrogen-bond donors (Lipinski definition) is 2. The van der Waals surface area contributed by atoms with Gasteiger partial charge in [-0.05, 0) is 52.0 Å². The van der Waals surface area contributed by atoms with Gasteiger partial charge in [0.25, 0.3) is 0 Å². The molecule has 0 spiro atoms. The van der Waals surface area contributed by atoms with Crippen LogP contribution in [0.1, 0.15) is 50.7 Å². The van der Waals surface area contributed by atoms with Gasteiger partial charge in [0.15, 0.2) is 0 Å². The summed E-state index contributed by atoms with van der Waals surface area (Å²) >= 11 is 0. The minimum absolute atomic E-state index is 0.00472. The molecule has 0 unspecified atom stereocenters. The highest BCUT2D eigenvalue weighted by Gasteiger charge is 2.26. The van der Waals surface area contributed by atoms with Crippen molar-refractivity contribution in [2.45, 2.75) is 52.9 Å². The quantitative estimate of drug-likeness (QED) is 0.688. The Hall–Kier alpha value is -1.84. The molecule has 0 aliphatic carbocycles. The number of aryl methyl sites for hydroxylation is 2. The summed E-state index contributed by atoms with van der Waals surface area (Å²) in [5.41, 5.74) is 1.76. The van der Waals surface area contributed by atoms with E-state index in [1.165, 1.54) is 11.1 Å². The molecule has 1 amide bonds. The molecule has 1 aromatic carbocycles. The zero-order valence-electron chi connectivity index (χ0n) is 13.8. The highest BCUT2D eigenvalue weighted by molar-refractivity contribution is 5.76. The standard InChI is InChI=1S/C18H27NO3/c1-14-8-10-15(11-9-14)6-4-5-7-16(20)19-13-12-18(2,3)17(21)22/h8-11H,4-7,12-13H2,1-3H3,(H,19,20)(H,21,22). The van der Waals surface area contributed by atoms with Gasteiger partial charge in [-0.15, -0.1) is 0 Å². The van der Waals surface area contributed by atoms with E-state index in [2.05, 4.69) is 36.5 Å². The Morgan fingerprint density at radius 2 is 1.77 bits per heavy atom. The Kier molecular flexibility index (Phi) is 7.09. The van der Waals surface area contributed by atoms with E-state index in [9.17, 15) is 9.59 Å². The van der Waals surface area contributed by atoms with E-state index < -0.39 is 11.4 Å². The van der Waals surface area contributed by atoms with Gasteiger partial charge in [-0.2, -0.15) is 0 Å². The van der Waals surface area contributed by atoms with Crippen LogP contribution in [0.15, 0.2) is 24.3 Å². The Balaban J connectivity index is 2.13. The number of rotatable bonds is 9. The molecule has 22 heavy (non-hydrogen) atoms. The molecule has 122 valence electrons. The summed E-state index contributed by atoms with van der Waals surface area (Å²) in [6.07, 6.45) is 3.76. The lowest BCUT2D eigenvalue weighted by Crippen LogP contribution is -2.31. The summed E-state index contributed by atoms with van der Waals surface area (Å²) in [6, 6.07) is 8.46. The number of carboxylic acids is 1. The van der Waals surface area contributed by atoms with Gasteiger partial charge in [0.05, 0.1) is 5.41 Å². The summed E-state index contributed by atoms with van der Waals surface area (Å²) in [5, 5.41) is 11.8. The number of carbonyl (C=O) groups excluding carboxylic acids is 1. The molecule has 4 heteroatoms. The summed E-state index contributed by atoms with van der Waals surface area (Å²) in [5.74, 6) is -0.829. The Labute approximate surface area is 132 Å². The SMILES string of the molecule is Cc1ccc(CCCCC(=O)NCCC(C)(C)C(=O)O)cc1. The Morgan fingerprint density at radius 1 is 1.14 bits per heavy atom. The second-order valence-electron chi connectivity index (χ2n) is 6.48. The molecule has 0 aliphatic heterocycles. The molecule has 2 N–H and O–H groups in total. The average Bonchev–Trinajstić information content (AvgIpc) is 2.45. The predicted molar refractivity (Wildman–Crippen MR) is 87.8 cm³/mol. The van der Waals surface area contributed by atoms with E-state index in [-0.39, 0.29) is 5.91 Å². The van der Waals surface area contributed by atoms with Gasteiger partial charge in [-0.1, -0.05) is 29.8 Å². The highest BCUT2D eigenvalue weighted by atomic mass is 16.4. The normalized spacial score (nSPS) is 11.2. The van der Waals surface area contributed by atoms with Crippen LogP contribution in [0.3, 0.4) is 0 Å². The van der Waals surface area contributed by atoms with Crippen molar-refractivity contribution in [3.8, 4) is 0 Å². The first-order chi connectivity index (χ1) is 10.3. The van der Waals surface area contributed by atoms with Crippen molar-refractivity contribution >= 4 is 11.9 Å². The Morgan fingerprint density at radius 3 is 2.36 bits per heavy atom. The number of hydrogen-bond acceptors (Lipinski definition) is 2. The molecule has 0 saturated heterocycles. The highest BCUT2D eigenvalue weighted by Crippen LogP contribution is 2.19. The van der Waals surface area contributed by atoms with Gasteiger partial charge >= 0.3 is 5.97 Å². The second-order valence-corrected chi connectivity index (χ2v) is 6.48. The van der Waals surface area contributed by atoms with Gasteiger partial charge in [0, 0.05) is 13.0 Å². The van der Waals surface area contributed by atoms with E-state index in [1.807, 2.05) is 0 Å². The summed E-state index contributed by atoms with van der Waals surface area (Å²) in [7, 11) is 0. The van der Waals surface area contributed by atoms with Crippen molar-refractivity contribution in [1.29, 1.82) is 0 Å². The van der Waals surface area contributed by atoms with Crippen LogP contribution >= 0.6 is 0 Å². The van der Waals surface area contributed by atoms with Crippen LogP contribution in [0.25, 0.3) is 0 Å². The van der Waals surface area contributed by atoms with Gasteiger partial charge < -0.3 is 10.4 Å². The molecule has 0 heterocycles. The molecule has 1 aromatic rings. The van der Waals surface area contributed by atoms with Gasteiger partial charge in [0.1, 0.15) is 0 Å². The van der Waals surface area contributed by atoms with Crippen LogP contribution in [0.5, 0.6) is 0 Å². The van der Waals surface area contributed by atoms with Crippen molar-refractivity contribution in [2.24, 2.45) is 5.41 Å². The average molecular weight is 305 g/mol. The molecule has 0 aliphatic rings. The first-order valence-electron chi connectivity index (χ1n) is 7.87. The summed E-state index contributed by atoms with van der Waals surface area (Å²) < 4.78 is 0. The number of unbranched alkanes of at least 4 members (excludes halogenated alkanes) is 1. The largest absolute Gasteiger partial charge is 0.481 e. The van der Waals surface area contributed by atoms with Crippen LogP contribution in [-0.2, 0) is 16.0 Å². The maximum absolute atomic E-state index is 11.7. The maximum atomic E-state index is 11.7. The molecule has 0 bridgehead atoms. The molecule has 1 rings (SSSR count). The molecular formula is C18H27NO3. The van der Waals surface area contributed by atoms with E-state index in [0.29, 0.717) is 19.4 Å². The maximum Gasteiger partial charge on any atom is 0.309 e. The van der Waals surface area contributed by atoms with Crippen LogP contribution in [0.2, 0.25) is 0 Å². The number of benzene rings is 1. The fourth-order valence-corrected chi connectivity index (χ4v) is 2.08. The number of aliphatic carboxylic acids is 1. The van der Waals surface area contributed by atoms with E-state index in [4.69, 9.17) is 5.11 Å². The lowest BCUT2D eigenvalue weighted by atomic mass is 9.90. The zero-order valence-corrected chi connectivity index (χ0v) is 13.8. The monoisotopic (exact) mass is 305 g/mol. The number of nitrogens with one attached hydrogen (secondary N) is 1. The van der Waals surface area contributed by atoms with E-state index >= 15 is 0 Å².